The van der Waals surface area contributed by atoms with Crippen LogP contribution in [0, 0.1) is 0 Å². The van der Waals surface area contributed by atoms with Crippen molar-refractivity contribution in [3.8, 4) is 0 Å². The van der Waals surface area contributed by atoms with Gasteiger partial charge in [0.25, 0.3) is 0 Å². The molecule has 0 saturated carbocycles. The molecule has 5 heteroatoms. The van der Waals surface area contributed by atoms with Crippen molar-refractivity contribution < 1.29 is 9.84 Å². The van der Waals surface area contributed by atoms with E-state index in [-0.39, 0.29) is 6.61 Å². The van der Waals surface area contributed by atoms with Crippen LogP contribution < -0.4 is 0 Å². The summed E-state index contributed by atoms with van der Waals surface area (Å²) in [6.45, 7) is 2.49. The summed E-state index contributed by atoms with van der Waals surface area (Å²) in [4.78, 5) is 4.67. The number of aromatic nitrogens is 3. The van der Waals surface area contributed by atoms with Gasteiger partial charge in [0.15, 0.2) is 5.82 Å². The van der Waals surface area contributed by atoms with Crippen LogP contribution in [-0.4, -0.2) is 39.7 Å². The van der Waals surface area contributed by atoms with Crippen LogP contribution in [0.5, 0.6) is 0 Å². The maximum absolute atomic E-state index is 9.25. The Labute approximate surface area is 131 Å². The molecule has 0 bridgehead atoms. The third kappa shape index (κ3) is 3.72. The Bertz CT molecular complexity index is 577. The third-order valence-electron chi connectivity index (χ3n) is 4.14. The van der Waals surface area contributed by atoms with Crippen LogP contribution >= 0.6 is 0 Å². The highest BCUT2D eigenvalue weighted by molar-refractivity contribution is 5.14. The van der Waals surface area contributed by atoms with Crippen molar-refractivity contribution in [2.75, 3.05) is 19.8 Å². The van der Waals surface area contributed by atoms with Crippen LogP contribution in [0.1, 0.15) is 36.0 Å². The van der Waals surface area contributed by atoms with Gasteiger partial charge in [-0.05, 0) is 24.8 Å². The summed E-state index contributed by atoms with van der Waals surface area (Å²) in [5.74, 6) is 2.20. The molecule has 1 aliphatic rings. The molecule has 0 atom stereocenters. The van der Waals surface area contributed by atoms with Crippen LogP contribution in [0.15, 0.2) is 30.3 Å². The van der Waals surface area contributed by atoms with Crippen LogP contribution in [0.2, 0.25) is 0 Å². The first-order chi connectivity index (χ1) is 10.9. The number of benzene rings is 1. The van der Waals surface area contributed by atoms with E-state index >= 15 is 0 Å². The molecule has 1 saturated heterocycles. The summed E-state index contributed by atoms with van der Waals surface area (Å²) < 4.78 is 7.38. The smallest absolute Gasteiger partial charge is 0.154 e. The van der Waals surface area contributed by atoms with Gasteiger partial charge in [-0.15, -0.1) is 0 Å². The number of aryl methyl sites for hydroxylation is 2. The van der Waals surface area contributed by atoms with Crippen LogP contribution in [0.3, 0.4) is 0 Å². The zero-order valence-corrected chi connectivity index (χ0v) is 12.8. The molecule has 22 heavy (non-hydrogen) atoms. The fourth-order valence-corrected chi connectivity index (χ4v) is 2.87. The Balaban J connectivity index is 1.72. The molecule has 5 nitrogen and oxygen atoms in total. The first-order valence-electron chi connectivity index (χ1n) is 8.03. The molecule has 1 N–H and O–H groups in total. The van der Waals surface area contributed by atoms with Crippen molar-refractivity contribution in [2.24, 2.45) is 0 Å². The van der Waals surface area contributed by atoms with E-state index in [4.69, 9.17) is 9.84 Å². The molecule has 2 heterocycles. The van der Waals surface area contributed by atoms with E-state index in [9.17, 15) is 5.11 Å². The average molecular weight is 301 g/mol. The molecule has 0 unspecified atom stereocenters. The van der Waals surface area contributed by atoms with Gasteiger partial charge in [-0.2, -0.15) is 5.10 Å². The number of aliphatic hydroxyl groups excluding tert-OH is 1. The second kappa shape index (κ2) is 7.51. The second-order valence-electron chi connectivity index (χ2n) is 5.71. The Morgan fingerprint density at radius 3 is 2.64 bits per heavy atom. The molecule has 118 valence electrons. The fourth-order valence-electron chi connectivity index (χ4n) is 2.87. The largest absolute Gasteiger partial charge is 0.396 e. The lowest BCUT2D eigenvalue weighted by Crippen LogP contribution is -2.15. The minimum atomic E-state index is 0.108. The van der Waals surface area contributed by atoms with Crippen molar-refractivity contribution in [1.82, 2.24) is 14.8 Å². The van der Waals surface area contributed by atoms with Crippen molar-refractivity contribution in [1.29, 1.82) is 0 Å². The van der Waals surface area contributed by atoms with Crippen molar-refractivity contribution in [2.45, 2.75) is 38.1 Å². The lowest BCUT2D eigenvalue weighted by molar-refractivity contribution is 0.0835. The van der Waals surface area contributed by atoms with Gasteiger partial charge in [-0.3, -0.25) is 0 Å². The highest BCUT2D eigenvalue weighted by atomic mass is 16.5. The van der Waals surface area contributed by atoms with Crippen molar-refractivity contribution >= 4 is 0 Å². The van der Waals surface area contributed by atoms with Crippen molar-refractivity contribution in [3.63, 3.8) is 0 Å². The van der Waals surface area contributed by atoms with Gasteiger partial charge >= 0.3 is 0 Å². The molecular formula is C17H23N3O2. The van der Waals surface area contributed by atoms with E-state index in [1.807, 2.05) is 10.7 Å². The minimum Gasteiger partial charge on any atom is -0.396 e. The number of ether oxygens (including phenoxy) is 1. The first kappa shape index (κ1) is 15.2. The SMILES string of the molecule is OCCc1nc(C2CCOCC2)nn1CCc1ccccc1. The van der Waals surface area contributed by atoms with Crippen LogP contribution in [0.25, 0.3) is 0 Å². The summed E-state index contributed by atoms with van der Waals surface area (Å²) in [5.41, 5.74) is 1.29. The van der Waals surface area contributed by atoms with Gasteiger partial charge in [-0.25, -0.2) is 9.67 Å². The molecule has 1 fully saturated rings. The topological polar surface area (TPSA) is 60.2 Å². The van der Waals surface area contributed by atoms with E-state index in [1.165, 1.54) is 5.56 Å². The Morgan fingerprint density at radius 1 is 1.14 bits per heavy atom. The van der Waals surface area contributed by atoms with Gasteiger partial charge in [0.05, 0.1) is 6.61 Å². The molecule has 1 aromatic heterocycles. The number of nitrogens with zero attached hydrogens (tertiary/aromatic N) is 3. The number of rotatable bonds is 6. The average Bonchev–Trinajstić information content (AvgIpc) is 2.98. The molecule has 0 spiro atoms. The van der Waals surface area contributed by atoms with Gasteiger partial charge in [0, 0.05) is 32.1 Å². The van der Waals surface area contributed by atoms with Crippen molar-refractivity contribution in [3.05, 3.63) is 47.5 Å². The standard InChI is InChI=1S/C17H23N3O2/c21-11-7-16-18-17(15-8-12-22-13-9-15)19-20(16)10-6-14-4-2-1-3-5-14/h1-5,15,21H,6-13H2. The van der Waals surface area contributed by atoms with E-state index < -0.39 is 0 Å². The number of aliphatic hydroxyl groups is 1. The molecule has 3 rings (SSSR count). The summed E-state index contributed by atoms with van der Waals surface area (Å²) in [7, 11) is 0. The highest BCUT2D eigenvalue weighted by Crippen LogP contribution is 2.24. The molecule has 0 radical (unpaired) electrons. The van der Waals surface area contributed by atoms with Crippen LogP contribution in [-0.2, 0) is 24.1 Å². The van der Waals surface area contributed by atoms with Gasteiger partial charge in [0.2, 0.25) is 0 Å². The normalized spacial score (nSPS) is 16.0. The summed E-state index contributed by atoms with van der Waals surface area (Å²) in [6, 6.07) is 10.4. The molecule has 1 aliphatic heterocycles. The third-order valence-corrected chi connectivity index (χ3v) is 4.14. The summed E-state index contributed by atoms with van der Waals surface area (Å²) in [6.07, 6.45) is 3.46. The maximum Gasteiger partial charge on any atom is 0.154 e. The van der Waals surface area contributed by atoms with E-state index in [0.717, 1.165) is 50.7 Å². The number of hydrogen-bond donors (Lipinski definition) is 1. The second-order valence-corrected chi connectivity index (χ2v) is 5.71. The molecule has 0 aliphatic carbocycles. The molecule has 2 aromatic rings. The summed E-state index contributed by atoms with van der Waals surface area (Å²) in [5, 5.41) is 14.0. The van der Waals surface area contributed by atoms with Gasteiger partial charge in [-0.1, -0.05) is 30.3 Å². The highest BCUT2D eigenvalue weighted by Gasteiger charge is 2.21. The van der Waals surface area contributed by atoms with Gasteiger partial charge in [0.1, 0.15) is 5.82 Å². The maximum atomic E-state index is 9.25. The zero-order chi connectivity index (χ0) is 15.2. The van der Waals surface area contributed by atoms with Gasteiger partial charge < -0.3 is 9.84 Å². The zero-order valence-electron chi connectivity index (χ0n) is 12.8. The van der Waals surface area contributed by atoms with E-state index in [0.29, 0.717) is 12.3 Å². The minimum absolute atomic E-state index is 0.108. The first-order valence-corrected chi connectivity index (χ1v) is 8.03. The fraction of sp³-hybridized carbons (Fsp3) is 0.529. The van der Waals surface area contributed by atoms with Crippen LogP contribution in [0.4, 0.5) is 0 Å². The Kier molecular flexibility index (Phi) is 5.19. The lowest BCUT2D eigenvalue weighted by atomic mass is 10.00. The molecule has 1 aromatic carbocycles. The van der Waals surface area contributed by atoms with E-state index in [2.05, 4.69) is 29.2 Å². The predicted octanol–water partition coefficient (Wildman–Crippen LogP) is 1.95. The lowest BCUT2D eigenvalue weighted by Gasteiger charge is -2.18. The number of hydrogen-bond acceptors (Lipinski definition) is 4. The Hall–Kier alpha value is -1.72. The summed E-state index contributed by atoms with van der Waals surface area (Å²) >= 11 is 0. The molecular weight excluding hydrogens is 278 g/mol. The predicted molar refractivity (Wildman–Crippen MR) is 83.8 cm³/mol. The van der Waals surface area contributed by atoms with E-state index in [1.54, 1.807) is 0 Å². The quantitative estimate of drug-likeness (QED) is 0.886. The Morgan fingerprint density at radius 2 is 1.91 bits per heavy atom. The molecule has 0 amide bonds. The monoisotopic (exact) mass is 301 g/mol.